The Bertz CT molecular complexity index is 848. The lowest BCUT2D eigenvalue weighted by Crippen LogP contribution is -2.06. The topological polar surface area (TPSA) is 80.9 Å². The number of aromatic hydroxyl groups is 1. The molecular formula is C16H17N3O2. The van der Waals surface area contributed by atoms with Gasteiger partial charge in [-0.2, -0.15) is 0 Å². The van der Waals surface area contributed by atoms with Gasteiger partial charge in [0, 0.05) is 11.3 Å². The number of rotatable bonds is 3. The number of H-pyrrole nitrogens is 2. The highest BCUT2D eigenvalue weighted by molar-refractivity contribution is 5.78. The van der Waals surface area contributed by atoms with E-state index in [4.69, 9.17) is 0 Å². The molecule has 1 unspecified atom stereocenters. The molecule has 0 bridgehead atoms. The van der Waals surface area contributed by atoms with Gasteiger partial charge in [0.25, 0.3) is 0 Å². The van der Waals surface area contributed by atoms with E-state index in [9.17, 15) is 9.90 Å². The molecule has 5 nitrogen and oxygen atoms in total. The fourth-order valence-electron chi connectivity index (χ4n) is 2.47. The number of hydrogen-bond donors (Lipinski definition) is 4. The number of anilines is 1. The van der Waals surface area contributed by atoms with Gasteiger partial charge in [-0.15, -0.1) is 0 Å². The zero-order chi connectivity index (χ0) is 15.0. The highest BCUT2D eigenvalue weighted by atomic mass is 16.3. The number of benzene rings is 2. The van der Waals surface area contributed by atoms with Crippen LogP contribution in [0.4, 0.5) is 5.69 Å². The maximum Gasteiger partial charge on any atom is 0.323 e. The average molecular weight is 283 g/mol. The summed E-state index contributed by atoms with van der Waals surface area (Å²) < 4.78 is 0. The molecule has 0 saturated heterocycles. The molecule has 108 valence electrons. The molecule has 1 atom stereocenters. The number of hydrogen-bond acceptors (Lipinski definition) is 3. The molecule has 0 spiro atoms. The predicted octanol–water partition coefficient (Wildman–Crippen LogP) is 3.04. The van der Waals surface area contributed by atoms with Gasteiger partial charge in [-0.1, -0.05) is 12.1 Å². The number of aromatic nitrogens is 2. The number of phenols is 1. The molecule has 1 heterocycles. The minimum absolute atomic E-state index is 0.0475. The van der Waals surface area contributed by atoms with Crippen LogP contribution in [0.25, 0.3) is 11.0 Å². The molecule has 21 heavy (non-hydrogen) atoms. The summed E-state index contributed by atoms with van der Waals surface area (Å²) >= 11 is 0. The van der Waals surface area contributed by atoms with Gasteiger partial charge in [0.15, 0.2) is 0 Å². The number of fused-ring (bicyclic) bond motifs is 1. The number of aryl methyl sites for hydroxylation is 1. The Morgan fingerprint density at radius 1 is 1.10 bits per heavy atom. The van der Waals surface area contributed by atoms with Crippen molar-refractivity contribution in [2.24, 2.45) is 0 Å². The highest BCUT2D eigenvalue weighted by Gasteiger charge is 2.10. The van der Waals surface area contributed by atoms with Crippen LogP contribution in [0.3, 0.4) is 0 Å². The minimum atomic E-state index is -0.216. The molecule has 0 fully saturated rings. The predicted molar refractivity (Wildman–Crippen MR) is 83.8 cm³/mol. The summed E-state index contributed by atoms with van der Waals surface area (Å²) in [5, 5.41) is 13.3. The standard InChI is InChI=1S/C16H17N3O2/c1-9-3-5-12(15(20)7-9)10(2)17-11-4-6-13-14(8-11)19-16(21)18-13/h3-8,10,17,20H,1-2H3,(H2,18,19,21). The van der Waals surface area contributed by atoms with Crippen LogP contribution in [0.5, 0.6) is 5.75 Å². The SMILES string of the molecule is Cc1ccc(C(C)Nc2ccc3[nH]c(=O)[nH]c3c2)c(O)c1. The Labute approximate surface area is 121 Å². The van der Waals surface area contributed by atoms with E-state index in [1.807, 2.05) is 44.2 Å². The molecule has 3 rings (SSSR count). The third kappa shape index (κ3) is 2.63. The van der Waals surface area contributed by atoms with Gasteiger partial charge in [0.2, 0.25) is 0 Å². The van der Waals surface area contributed by atoms with E-state index in [1.165, 1.54) is 0 Å². The molecule has 3 aromatic rings. The smallest absolute Gasteiger partial charge is 0.323 e. The molecule has 0 aliphatic heterocycles. The number of aromatic amines is 2. The van der Waals surface area contributed by atoms with E-state index in [1.54, 1.807) is 6.07 Å². The second-order valence-corrected chi connectivity index (χ2v) is 5.27. The van der Waals surface area contributed by atoms with Crippen LogP contribution in [0.1, 0.15) is 24.1 Å². The van der Waals surface area contributed by atoms with Gasteiger partial charge in [0.05, 0.1) is 17.1 Å². The maximum absolute atomic E-state index is 11.3. The Balaban J connectivity index is 1.88. The third-order valence-electron chi connectivity index (χ3n) is 3.55. The number of imidazole rings is 1. The van der Waals surface area contributed by atoms with E-state index in [-0.39, 0.29) is 17.5 Å². The van der Waals surface area contributed by atoms with Crippen LogP contribution in [-0.2, 0) is 0 Å². The molecule has 5 heteroatoms. The van der Waals surface area contributed by atoms with E-state index >= 15 is 0 Å². The summed E-state index contributed by atoms with van der Waals surface area (Å²) in [5.41, 5.74) is 4.05. The number of phenolic OH excluding ortho intramolecular Hbond substituents is 1. The molecule has 0 aliphatic carbocycles. The molecule has 0 saturated carbocycles. The molecule has 2 aromatic carbocycles. The van der Waals surface area contributed by atoms with Crippen LogP contribution in [0.15, 0.2) is 41.2 Å². The van der Waals surface area contributed by atoms with Crippen molar-refractivity contribution in [3.05, 3.63) is 58.0 Å². The summed E-state index contributed by atoms with van der Waals surface area (Å²) in [6.07, 6.45) is 0. The monoisotopic (exact) mass is 283 g/mol. The van der Waals surface area contributed by atoms with Crippen LogP contribution in [0, 0.1) is 6.92 Å². The van der Waals surface area contributed by atoms with Crippen molar-refractivity contribution >= 4 is 16.7 Å². The van der Waals surface area contributed by atoms with E-state index in [0.717, 1.165) is 27.8 Å². The Morgan fingerprint density at radius 3 is 2.62 bits per heavy atom. The fraction of sp³-hybridized carbons (Fsp3) is 0.188. The third-order valence-corrected chi connectivity index (χ3v) is 3.55. The first kappa shape index (κ1) is 13.3. The molecule has 0 aliphatic rings. The molecule has 4 N–H and O–H groups in total. The van der Waals surface area contributed by atoms with Crippen LogP contribution < -0.4 is 11.0 Å². The molecule has 0 amide bonds. The van der Waals surface area contributed by atoms with E-state index in [0.29, 0.717) is 0 Å². The van der Waals surface area contributed by atoms with Crippen molar-refractivity contribution in [1.82, 2.24) is 9.97 Å². The van der Waals surface area contributed by atoms with Gasteiger partial charge in [-0.3, -0.25) is 0 Å². The van der Waals surface area contributed by atoms with Crippen molar-refractivity contribution in [3.8, 4) is 5.75 Å². The normalized spacial score (nSPS) is 12.5. The van der Waals surface area contributed by atoms with Gasteiger partial charge >= 0.3 is 5.69 Å². The molecular weight excluding hydrogens is 266 g/mol. The zero-order valence-electron chi connectivity index (χ0n) is 11.9. The zero-order valence-corrected chi connectivity index (χ0v) is 11.9. The van der Waals surface area contributed by atoms with E-state index in [2.05, 4.69) is 15.3 Å². The Morgan fingerprint density at radius 2 is 1.86 bits per heavy atom. The van der Waals surface area contributed by atoms with Crippen LogP contribution in [0.2, 0.25) is 0 Å². The fourth-order valence-corrected chi connectivity index (χ4v) is 2.47. The Kier molecular flexibility index (Phi) is 3.17. The minimum Gasteiger partial charge on any atom is -0.508 e. The summed E-state index contributed by atoms with van der Waals surface area (Å²) in [6.45, 7) is 3.92. The first-order valence-corrected chi connectivity index (χ1v) is 6.81. The van der Waals surface area contributed by atoms with Crippen molar-refractivity contribution < 1.29 is 5.11 Å². The van der Waals surface area contributed by atoms with Crippen LogP contribution >= 0.6 is 0 Å². The quantitative estimate of drug-likeness (QED) is 0.596. The van der Waals surface area contributed by atoms with Crippen molar-refractivity contribution in [2.45, 2.75) is 19.9 Å². The molecule has 1 aromatic heterocycles. The van der Waals surface area contributed by atoms with Gasteiger partial charge < -0.3 is 20.4 Å². The summed E-state index contributed by atoms with van der Waals surface area (Å²) in [5.74, 6) is 0.283. The summed E-state index contributed by atoms with van der Waals surface area (Å²) in [6, 6.07) is 11.2. The van der Waals surface area contributed by atoms with Crippen LogP contribution in [-0.4, -0.2) is 15.1 Å². The maximum atomic E-state index is 11.3. The number of nitrogens with one attached hydrogen (secondary N) is 3. The first-order valence-electron chi connectivity index (χ1n) is 6.81. The van der Waals surface area contributed by atoms with Gasteiger partial charge in [-0.25, -0.2) is 4.79 Å². The van der Waals surface area contributed by atoms with Crippen molar-refractivity contribution in [1.29, 1.82) is 0 Å². The summed E-state index contributed by atoms with van der Waals surface area (Å²) in [7, 11) is 0. The molecule has 0 radical (unpaired) electrons. The van der Waals surface area contributed by atoms with E-state index < -0.39 is 0 Å². The lowest BCUT2D eigenvalue weighted by molar-refractivity contribution is 0.465. The largest absolute Gasteiger partial charge is 0.508 e. The average Bonchev–Trinajstić information content (AvgIpc) is 2.77. The second kappa shape index (κ2) is 5.01. The summed E-state index contributed by atoms with van der Waals surface area (Å²) in [4.78, 5) is 16.7. The lowest BCUT2D eigenvalue weighted by Gasteiger charge is -2.17. The van der Waals surface area contributed by atoms with Crippen molar-refractivity contribution in [3.63, 3.8) is 0 Å². The first-order chi connectivity index (χ1) is 10.0. The van der Waals surface area contributed by atoms with Gasteiger partial charge in [0.1, 0.15) is 5.75 Å². The Hall–Kier alpha value is -2.69. The second-order valence-electron chi connectivity index (χ2n) is 5.27. The van der Waals surface area contributed by atoms with Gasteiger partial charge in [-0.05, 0) is 43.7 Å². The van der Waals surface area contributed by atoms with Crippen molar-refractivity contribution in [2.75, 3.05) is 5.32 Å². The lowest BCUT2D eigenvalue weighted by atomic mass is 10.0. The highest BCUT2D eigenvalue weighted by Crippen LogP contribution is 2.28.